The van der Waals surface area contributed by atoms with Crippen LogP contribution >= 0.6 is 0 Å². The molecule has 6 aliphatic rings. The summed E-state index contributed by atoms with van der Waals surface area (Å²) in [6, 6.07) is 0. The average molecular weight is 646 g/mol. The minimum absolute atomic E-state index is 0.0946. The largest absolute Gasteiger partial charge is 0.469 e. The Kier molecular flexibility index (Phi) is 7.68. The molecule has 0 aromatic carbocycles. The SMILES string of the molecule is COC(=O)[C@]1(C)CC[C@]2(C)CC[C@]3(C)C(=CC(=O)C4[C@@]5(C)Cc6cn(C(=O)CCC7CCNCC7)nc6C(C)(C)C5CC[C@]43C)[C@@H]2C1. The number of carbonyl (C=O) groups excluding carboxylic acids is 3. The molecule has 3 saturated carbocycles. The molecule has 0 radical (unpaired) electrons. The van der Waals surface area contributed by atoms with E-state index >= 15 is 0 Å². The highest BCUT2D eigenvalue weighted by Gasteiger charge is 2.70. The summed E-state index contributed by atoms with van der Waals surface area (Å²) in [6.07, 6.45) is 15.5. The Morgan fingerprint density at radius 1 is 0.979 bits per heavy atom. The lowest BCUT2D eigenvalue weighted by Gasteiger charge is -2.69. The molecule has 47 heavy (non-hydrogen) atoms. The van der Waals surface area contributed by atoms with Crippen LogP contribution < -0.4 is 5.32 Å². The van der Waals surface area contributed by atoms with Crippen molar-refractivity contribution in [1.29, 1.82) is 0 Å². The van der Waals surface area contributed by atoms with E-state index in [1.807, 2.05) is 6.20 Å². The third-order valence-corrected chi connectivity index (χ3v) is 15.8. The quantitative estimate of drug-likeness (QED) is 0.342. The number of aromatic nitrogens is 2. The van der Waals surface area contributed by atoms with Gasteiger partial charge in [0.1, 0.15) is 0 Å². The number of hydrogen-bond donors (Lipinski definition) is 1. The van der Waals surface area contributed by atoms with Crippen molar-refractivity contribution in [2.45, 2.75) is 131 Å². The van der Waals surface area contributed by atoms with Crippen molar-refractivity contribution in [3.05, 3.63) is 29.1 Å². The lowest BCUT2D eigenvalue weighted by atomic mass is 9.33. The van der Waals surface area contributed by atoms with Crippen LogP contribution in [0.3, 0.4) is 0 Å². The van der Waals surface area contributed by atoms with Crippen molar-refractivity contribution in [2.75, 3.05) is 20.2 Å². The summed E-state index contributed by atoms with van der Waals surface area (Å²) in [5.41, 5.74) is 2.32. The lowest BCUT2D eigenvalue weighted by Crippen LogP contribution is -2.66. The minimum atomic E-state index is -0.516. The predicted molar refractivity (Wildman–Crippen MR) is 183 cm³/mol. The Balaban J connectivity index is 1.23. The number of hydrogen-bond acceptors (Lipinski definition) is 6. The Labute approximate surface area is 282 Å². The number of nitrogens with zero attached hydrogens (tertiary/aromatic N) is 2. The molecule has 0 bridgehead atoms. The molecule has 258 valence electrons. The van der Waals surface area contributed by atoms with E-state index in [-0.39, 0.29) is 56.6 Å². The van der Waals surface area contributed by atoms with Gasteiger partial charge in [-0.15, -0.1) is 0 Å². The molecule has 4 fully saturated rings. The highest BCUT2D eigenvalue weighted by molar-refractivity contribution is 5.96. The highest BCUT2D eigenvalue weighted by Crippen LogP contribution is 2.74. The van der Waals surface area contributed by atoms with Gasteiger partial charge in [0.15, 0.2) is 5.78 Å². The van der Waals surface area contributed by atoms with E-state index in [2.05, 4.69) is 59.9 Å². The number of ether oxygens (including phenoxy) is 1. The van der Waals surface area contributed by atoms with Gasteiger partial charge in [-0.05, 0) is 142 Å². The summed E-state index contributed by atoms with van der Waals surface area (Å²) in [5.74, 6) is 1.27. The molecule has 0 spiro atoms. The summed E-state index contributed by atoms with van der Waals surface area (Å²) in [4.78, 5) is 41.4. The van der Waals surface area contributed by atoms with E-state index in [0.717, 1.165) is 95.0 Å². The number of piperidine rings is 1. The molecule has 1 saturated heterocycles. The van der Waals surface area contributed by atoms with E-state index in [9.17, 15) is 14.4 Å². The normalized spacial score (nSPS) is 42.6. The third kappa shape index (κ3) is 4.66. The number of methoxy groups -OCH3 is 1. The van der Waals surface area contributed by atoms with Gasteiger partial charge in [0.2, 0.25) is 5.91 Å². The Hall–Kier alpha value is -2.28. The minimum Gasteiger partial charge on any atom is -0.469 e. The second-order valence-corrected chi connectivity index (χ2v) is 18.7. The van der Waals surface area contributed by atoms with E-state index in [1.165, 1.54) is 12.7 Å². The fourth-order valence-corrected chi connectivity index (χ4v) is 12.8. The van der Waals surface area contributed by atoms with E-state index < -0.39 is 5.41 Å². The van der Waals surface area contributed by atoms with Crippen molar-refractivity contribution in [1.82, 2.24) is 15.1 Å². The van der Waals surface area contributed by atoms with Crippen LogP contribution in [0.2, 0.25) is 0 Å². The van der Waals surface area contributed by atoms with E-state index in [4.69, 9.17) is 9.84 Å². The monoisotopic (exact) mass is 645 g/mol. The number of fused-ring (bicyclic) bond motifs is 8. The number of ketones is 1. The maximum atomic E-state index is 14.8. The first-order valence-corrected chi connectivity index (χ1v) is 18.7. The molecule has 2 unspecified atom stereocenters. The Bertz CT molecular complexity index is 1520. The van der Waals surface area contributed by atoms with Crippen LogP contribution in [0.25, 0.3) is 0 Å². The first kappa shape index (κ1) is 33.2. The second-order valence-electron chi connectivity index (χ2n) is 18.7. The Morgan fingerprint density at radius 3 is 2.38 bits per heavy atom. The molecule has 2 heterocycles. The molecular weight excluding hydrogens is 586 g/mol. The van der Waals surface area contributed by atoms with Crippen LogP contribution in [-0.2, 0) is 26.2 Å². The third-order valence-electron chi connectivity index (χ3n) is 15.8. The molecule has 1 aromatic heterocycles. The molecule has 7 nitrogen and oxygen atoms in total. The Morgan fingerprint density at radius 2 is 1.68 bits per heavy atom. The van der Waals surface area contributed by atoms with Crippen molar-refractivity contribution in [3.63, 3.8) is 0 Å². The first-order chi connectivity index (χ1) is 22.0. The van der Waals surface area contributed by atoms with Gasteiger partial charge in [0.05, 0.1) is 18.2 Å². The number of carbonyl (C=O) groups is 3. The number of rotatable bonds is 4. The van der Waals surface area contributed by atoms with Gasteiger partial charge in [0, 0.05) is 24.0 Å². The number of esters is 1. The smallest absolute Gasteiger partial charge is 0.311 e. The standard InChI is InChI=1S/C40H59N3O4/c1-35(2)30-11-14-40(7)32(38(30,5)22-26-24-43(42-33(26)35)31(45)10-9-25-12-19-41-20-13-25)29(44)21-27-28-23-37(4,34(46)47-8)16-15-36(28,3)17-18-39(27,40)6/h21,24-25,28,30,32,41H,9-20,22-23H2,1-8H3/t28-,30?,32?,36+,37+,38-,39+,40+/m0/s1. The van der Waals surface area contributed by atoms with E-state index in [0.29, 0.717) is 18.3 Å². The van der Waals surface area contributed by atoms with Crippen LogP contribution in [-0.4, -0.2) is 47.6 Å². The van der Waals surface area contributed by atoms with Gasteiger partial charge in [-0.2, -0.15) is 5.10 Å². The van der Waals surface area contributed by atoms with E-state index in [1.54, 1.807) is 4.68 Å². The molecule has 1 aromatic rings. The summed E-state index contributed by atoms with van der Waals surface area (Å²) in [7, 11) is 1.51. The maximum absolute atomic E-state index is 14.8. The van der Waals surface area contributed by atoms with Crippen LogP contribution in [0.5, 0.6) is 0 Å². The molecule has 1 N–H and O–H groups in total. The molecule has 1 aliphatic heterocycles. The van der Waals surface area contributed by atoms with Crippen molar-refractivity contribution in [2.24, 2.45) is 50.7 Å². The molecule has 7 rings (SSSR count). The van der Waals surface area contributed by atoms with Gasteiger partial charge < -0.3 is 10.1 Å². The van der Waals surface area contributed by atoms with Gasteiger partial charge in [-0.3, -0.25) is 14.4 Å². The van der Waals surface area contributed by atoms with Crippen molar-refractivity contribution >= 4 is 17.7 Å². The lowest BCUT2D eigenvalue weighted by molar-refractivity contribution is -0.174. The van der Waals surface area contributed by atoms with Crippen LogP contribution in [0.1, 0.15) is 135 Å². The van der Waals surface area contributed by atoms with Gasteiger partial charge in [0.25, 0.3) is 0 Å². The first-order valence-electron chi connectivity index (χ1n) is 18.7. The number of nitrogens with one attached hydrogen (secondary N) is 1. The zero-order valence-electron chi connectivity index (χ0n) is 30.4. The number of allylic oxidation sites excluding steroid dienone is 2. The molecule has 7 heteroatoms. The molecule has 8 atom stereocenters. The predicted octanol–water partition coefficient (Wildman–Crippen LogP) is 7.47. The highest BCUT2D eigenvalue weighted by atomic mass is 16.5. The zero-order valence-corrected chi connectivity index (χ0v) is 30.4. The molecule has 5 aliphatic carbocycles. The van der Waals surface area contributed by atoms with Crippen LogP contribution in [0, 0.1) is 50.7 Å². The zero-order chi connectivity index (χ0) is 33.8. The van der Waals surface area contributed by atoms with Crippen molar-refractivity contribution < 1.29 is 19.1 Å². The molecule has 0 amide bonds. The van der Waals surface area contributed by atoms with Gasteiger partial charge in [-0.1, -0.05) is 47.1 Å². The van der Waals surface area contributed by atoms with Crippen LogP contribution in [0.4, 0.5) is 0 Å². The summed E-state index contributed by atoms with van der Waals surface area (Å²) in [5, 5.41) is 8.44. The summed E-state index contributed by atoms with van der Waals surface area (Å²) in [6.45, 7) is 18.5. The van der Waals surface area contributed by atoms with Crippen LogP contribution in [0.15, 0.2) is 17.8 Å². The summed E-state index contributed by atoms with van der Waals surface area (Å²) < 4.78 is 6.97. The topological polar surface area (TPSA) is 90.3 Å². The van der Waals surface area contributed by atoms with Gasteiger partial charge in [-0.25, -0.2) is 4.68 Å². The van der Waals surface area contributed by atoms with Crippen molar-refractivity contribution in [3.8, 4) is 0 Å². The second kappa shape index (κ2) is 10.9. The van der Waals surface area contributed by atoms with Gasteiger partial charge >= 0.3 is 5.97 Å². The maximum Gasteiger partial charge on any atom is 0.311 e. The molecular formula is C40H59N3O4. The summed E-state index contributed by atoms with van der Waals surface area (Å²) >= 11 is 0. The fraction of sp³-hybridized carbons (Fsp3) is 0.800. The average Bonchev–Trinajstić information content (AvgIpc) is 3.46. The fourth-order valence-electron chi connectivity index (χ4n) is 12.8.